The minimum absolute atomic E-state index is 0.0153. The topological polar surface area (TPSA) is 105 Å². The van der Waals surface area contributed by atoms with Crippen LogP contribution in [0, 0.1) is 11.8 Å². The number of nitrogens with zero attached hydrogens (tertiary/aromatic N) is 1. The van der Waals surface area contributed by atoms with Gasteiger partial charge in [0, 0.05) is 24.0 Å². The van der Waals surface area contributed by atoms with Crippen molar-refractivity contribution < 1.29 is 29.0 Å². The lowest BCUT2D eigenvalue weighted by Gasteiger charge is -2.34. The van der Waals surface area contributed by atoms with Crippen molar-refractivity contribution in [2.45, 2.75) is 87.9 Å². The van der Waals surface area contributed by atoms with Gasteiger partial charge in [-0.25, -0.2) is 0 Å². The first-order valence-electron chi connectivity index (χ1n) is 11.5. The molecule has 3 saturated heterocycles. The second kappa shape index (κ2) is 10.2. The van der Waals surface area contributed by atoms with E-state index in [1.165, 1.54) is 0 Å². The molecule has 9 heteroatoms. The molecule has 176 valence electrons. The maximum absolute atomic E-state index is 13.6. The number of fused-ring (bicyclic) bond motifs is 1. The largest absolute Gasteiger partial charge is 0.466 e. The quantitative estimate of drug-likeness (QED) is 0.253. The Balaban J connectivity index is 1.92. The van der Waals surface area contributed by atoms with Crippen LogP contribution in [-0.2, 0) is 23.9 Å². The number of esters is 1. The van der Waals surface area contributed by atoms with E-state index < -0.39 is 35.6 Å². The van der Waals surface area contributed by atoms with Crippen molar-refractivity contribution in [1.29, 1.82) is 0 Å². The van der Waals surface area contributed by atoms with Gasteiger partial charge in [0.1, 0.15) is 11.6 Å². The van der Waals surface area contributed by atoms with E-state index in [-0.39, 0.29) is 35.9 Å². The second-order valence-electron chi connectivity index (χ2n) is 8.93. The van der Waals surface area contributed by atoms with Gasteiger partial charge in [-0.15, -0.1) is 0 Å². The maximum Gasteiger partial charge on any atom is 0.312 e. The number of hydrogen-bond acceptors (Lipinski definition) is 6. The first-order valence-corrected chi connectivity index (χ1v) is 12.4. The average molecular weight is 503 g/mol. The predicted octanol–water partition coefficient (Wildman–Crippen LogP) is 1.76. The number of aliphatic hydroxyl groups is 1. The molecule has 0 saturated carbocycles. The number of unbranched alkanes of at least 4 members (excludes halogenated alkanes) is 2. The van der Waals surface area contributed by atoms with Gasteiger partial charge in [0.2, 0.25) is 11.8 Å². The van der Waals surface area contributed by atoms with Crippen molar-refractivity contribution in [3.63, 3.8) is 0 Å². The highest BCUT2D eigenvalue weighted by molar-refractivity contribution is 9.09. The molecular weight excluding hydrogens is 468 g/mol. The van der Waals surface area contributed by atoms with Crippen molar-refractivity contribution in [3.05, 3.63) is 0 Å². The molecule has 3 fully saturated rings. The summed E-state index contributed by atoms with van der Waals surface area (Å²) in [5, 5.41) is 12.1. The standard InChI is InChI=1S/C22H35BrN2O6/c1-4-9-13(3)24-19(27)18-22-12-14(23)17(31-22)15(21(29)30-5-2)16(22)20(28)25(18)10-7-6-8-11-26/h13-18,26H,4-12H2,1-3H3,(H,24,27)/t13?,14?,15-,16+,17-,18?,22?/m1/s1. The Labute approximate surface area is 192 Å². The van der Waals surface area contributed by atoms with Crippen LogP contribution in [0.15, 0.2) is 0 Å². The molecule has 3 aliphatic heterocycles. The van der Waals surface area contributed by atoms with Gasteiger partial charge < -0.3 is 24.8 Å². The van der Waals surface area contributed by atoms with Gasteiger partial charge in [0.05, 0.1) is 24.5 Å². The van der Waals surface area contributed by atoms with Crippen molar-refractivity contribution in [2.75, 3.05) is 19.8 Å². The van der Waals surface area contributed by atoms with Crippen LogP contribution in [0.25, 0.3) is 0 Å². The van der Waals surface area contributed by atoms with Crippen LogP contribution in [0.3, 0.4) is 0 Å². The van der Waals surface area contributed by atoms with Gasteiger partial charge in [0.25, 0.3) is 0 Å². The first kappa shape index (κ1) is 24.5. The fourth-order valence-corrected chi connectivity index (χ4v) is 6.52. The fraction of sp³-hybridized carbons (Fsp3) is 0.864. The fourth-order valence-electron chi connectivity index (χ4n) is 5.58. The third kappa shape index (κ3) is 4.37. The van der Waals surface area contributed by atoms with E-state index in [9.17, 15) is 14.4 Å². The lowest BCUT2D eigenvalue weighted by Crippen LogP contribution is -2.57. The summed E-state index contributed by atoms with van der Waals surface area (Å²) in [5.74, 6) is -2.27. The molecule has 8 nitrogen and oxygen atoms in total. The molecule has 1 spiro atoms. The zero-order chi connectivity index (χ0) is 22.8. The number of alkyl halides is 1. The molecule has 2 amide bonds. The number of hydrogen-bond donors (Lipinski definition) is 2. The minimum atomic E-state index is -1.03. The Hall–Kier alpha value is -1.19. The lowest BCUT2D eigenvalue weighted by molar-refractivity contribution is -0.154. The monoisotopic (exact) mass is 502 g/mol. The van der Waals surface area contributed by atoms with E-state index in [1.54, 1.807) is 11.8 Å². The number of carbonyl (C=O) groups is 3. The van der Waals surface area contributed by atoms with E-state index in [0.29, 0.717) is 25.8 Å². The van der Waals surface area contributed by atoms with E-state index in [4.69, 9.17) is 14.6 Å². The van der Waals surface area contributed by atoms with E-state index >= 15 is 0 Å². The van der Waals surface area contributed by atoms with Crippen LogP contribution in [0.1, 0.15) is 59.3 Å². The first-order chi connectivity index (χ1) is 14.8. The molecular formula is C22H35BrN2O6. The van der Waals surface area contributed by atoms with Crippen molar-refractivity contribution >= 4 is 33.7 Å². The molecule has 0 aromatic heterocycles. The van der Waals surface area contributed by atoms with Crippen LogP contribution < -0.4 is 5.32 Å². The molecule has 0 aromatic rings. The smallest absolute Gasteiger partial charge is 0.312 e. The minimum Gasteiger partial charge on any atom is -0.466 e. The maximum atomic E-state index is 13.6. The number of amides is 2. The Kier molecular flexibility index (Phi) is 8.02. The summed E-state index contributed by atoms with van der Waals surface area (Å²) < 4.78 is 11.7. The molecule has 3 heterocycles. The summed E-state index contributed by atoms with van der Waals surface area (Å²) in [4.78, 5) is 41.3. The van der Waals surface area contributed by atoms with Gasteiger partial charge in [0.15, 0.2) is 0 Å². The van der Waals surface area contributed by atoms with Crippen LogP contribution >= 0.6 is 15.9 Å². The van der Waals surface area contributed by atoms with Crippen molar-refractivity contribution in [1.82, 2.24) is 10.2 Å². The average Bonchev–Trinajstić information content (AvgIpc) is 3.29. The highest BCUT2D eigenvalue weighted by atomic mass is 79.9. The number of likely N-dealkylation sites (tertiary alicyclic amines) is 1. The highest BCUT2D eigenvalue weighted by Gasteiger charge is 2.76. The molecule has 0 radical (unpaired) electrons. The molecule has 4 unspecified atom stereocenters. The number of nitrogens with one attached hydrogen (secondary N) is 1. The summed E-state index contributed by atoms with van der Waals surface area (Å²) >= 11 is 3.63. The summed E-state index contributed by atoms with van der Waals surface area (Å²) in [6.45, 7) is 6.48. The van der Waals surface area contributed by atoms with Gasteiger partial charge in [-0.05, 0) is 46.0 Å². The molecule has 2 bridgehead atoms. The second-order valence-corrected chi connectivity index (χ2v) is 10.1. The molecule has 3 aliphatic rings. The van der Waals surface area contributed by atoms with E-state index in [1.807, 2.05) is 6.92 Å². The third-order valence-corrected chi connectivity index (χ3v) is 7.61. The number of halogens is 1. The highest BCUT2D eigenvalue weighted by Crippen LogP contribution is 2.60. The lowest BCUT2D eigenvalue weighted by atomic mass is 9.70. The summed E-state index contributed by atoms with van der Waals surface area (Å²) in [6.07, 6.45) is 3.88. The Morgan fingerprint density at radius 1 is 1.35 bits per heavy atom. The Bertz CT molecular complexity index is 691. The number of carbonyl (C=O) groups excluding carboxylic acids is 3. The summed E-state index contributed by atoms with van der Waals surface area (Å²) in [7, 11) is 0. The number of rotatable bonds is 11. The number of ether oxygens (including phenoxy) is 2. The molecule has 3 rings (SSSR count). The molecule has 0 aromatic carbocycles. The molecule has 7 atom stereocenters. The van der Waals surface area contributed by atoms with Crippen LogP contribution in [-0.4, -0.2) is 76.2 Å². The van der Waals surface area contributed by atoms with Gasteiger partial charge in [-0.1, -0.05) is 29.3 Å². The Morgan fingerprint density at radius 2 is 2.10 bits per heavy atom. The SMILES string of the molecule is CCCC(C)NC(=O)C1N(CCCCCO)C(=O)[C@@H]2[C@@H](C(=O)OCC)[C@@H]3OC12CC3Br. The Morgan fingerprint density at radius 3 is 2.74 bits per heavy atom. The molecule has 0 aliphatic carbocycles. The summed E-state index contributed by atoms with van der Waals surface area (Å²) in [6, 6.07) is -0.790. The zero-order valence-corrected chi connectivity index (χ0v) is 20.2. The van der Waals surface area contributed by atoms with Gasteiger partial charge >= 0.3 is 5.97 Å². The van der Waals surface area contributed by atoms with Gasteiger partial charge in [-0.3, -0.25) is 14.4 Å². The molecule has 31 heavy (non-hydrogen) atoms. The number of aliphatic hydroxyl groups excluding tert-OH is 1. The van der Waals surface area contributed by atoms with Crippen LogP contribution in [0.4, 0.5) is 0 Å². The molecule has 2 N–H and O–H groups in total. The van der Waals surface area contributed by atoms with Crippen molar-refractivity contribution in [3.8, 4) is 0 Å². The zero-order valence-electron chi connectivity index (χ0n) is 18.6. The van der Waals surface area contributed by atoms with Crippen LogP contribution in [0.2, 0.25) is 0 Å². The summed E-state index contributed by atoms with van der Waals surface area (Å²) in [5.41, 5.74) is -1.03. The van der Waals surface area contributed by atoms with Crippen LogP contribution in [0.5, 0.6) is 0 Å². The van der Waals surface area contributed by atoms with E-state index in [2.05, 4.69) is 28.2 Å². The normalized spacial score (nSPS) is 34.7. The predicted molar refractivity (Wildman–Crippen MR) is 117 cm³/mol. The third-order valence-electron chi connectivity index (χ3n) is 6.76. The van der Waals surface area contributed by atoms with Gasteiger partial charge in [-0.2, -0.15) is 0 Å². The van der Waals surface area contributed by atoms with E-state index in [0.717, 1.165) is 19.3 Å². The van der Waals surface area contributed by atoms with Crippen molar-refractivity contribution in [2.24, 2.45) is 11.8 Å².